The quantitative estimate of drug-likeness (QED) is 0.00887. The van der Waals surface area contributed by atoms with Crippen LogP contribution in [-0.4, -0.2) is 204 Å². The van der Waals surface area contributed by atoms with Crippen LogP contribution in [0.3, 0.4) is 0 Å². The Kier molecular flexibility index (Phi) is 48.2. The smallest absolute Gasteiger partial charge is 0.463 e. The van der Waals surface area contributed by atoms with Gasteiger partial charge in [0.25, 0.3) is 0 Å². The van der Waals surface area contributed by atoms with Gasteiger partial charge in [0.1, 0.15) is 98.7 Å². The Morgan fingerprint density at radius 3 is 1.15 bits per heavy atom. The Balaban J connectivity index is 1.74. The maximum Gasteiger partial charge on any atom is 0.472 e. The number of allylic oxidation sites excluding steroid dienone is 2. The zero-order chi connectivity index (χ0) is 69.6. The second-order valence-corrected chi connectivity index (χ2v) is 28.1. The molecule has 1 aliphatic carbocycles. The van der Waals surface area contributed by atoms with Crippen molar-refractivity contribution in [2.24, 2.45) is 0 Å². The van der Waals surface area contributed by atoms with Gasteiger partial charge in [-0.15, -0.1) is 0 Å². The van der Waals surface area contributed by atoms with Crippen molar-refractivity contribution < 1.29 is 117 Å². The van der Waals surface area contributed by atoms with Gasteiger partial charge < -0.3 is 89.1 Å². The molecule has 18 atom stereocenters. The minimum Gasteiger partial charge on any atom is -0.463 e. The molecule has 24 nitrogen and oxygen atoms in total. The molecule has 2 saturated heterocycles. The van der Waals surface area contributed by atoms with Gasteiger partial charge in [-0.25, -0.2) is 4.57 Å². The van der Waals surface area contributed by atoms with Gasteiger partial charge in [-0.05, 0) is 44.9 Å². The van der Waals surface area contributed by atoms with Crippen molar-refractivity contribution in [1.29, 1.82) is 0 Å². The van der Waals surface area contributed by atoms with Crippen LogP contribution < -0.4 is 0 Å². The molecular formula is C70H129O24P. The van der Waals surface area contributed by atoms with Gasteiger partial charge in [-0.3, -0.25) is 23.4 Å². The van der Waals surface area contributed by atoms with E-state index in [-0.39, 0.29) is 19.3 Å². The van der Waals surface area contributed by atoms with Crippen LogP contribution >= 0.6 is 7.82 Å². The Labute approximate surface area is 567 Å². The predicted octanol–water partition coefficient (Wildman–Crippen LogP) is 9.57. The van der Waals surface area contributed by atoms with Crippen molar-refractivity contribution in [1.82, 2.24) is 0 Å². The molecule has 0 aromatic rings. The standard InChI is InChI=1S/C70H129O24P/c1-4-7-10-13-16-19-22-24-26-28-31-32-35-38-41-44-54(72)86-48-51(89-56(74)46-43-40-37-34-29-21-18-15-12-9-6-3)49-88-95(84,85)94-68-66(92-69-64(82)59(77)57(75)52(47-71)90-69)62(80)61(79)63(81)67(68)93-70-65(83)60(78)58(76)53(91-70)50-87-55(73)45-42-39-36-33-30-27-25-23-20-17-14-11-8-5-2/h27,30,51-53,57-71,75-83H,4-26,28-29,31-50H2,1-3H3,(H,84,85)/b30-27-. The molecule has 1 saturated carbocycles. The molecule has 3 rings (SSSR count). The van der Waals surface area contributed by atoms with Gasteiger partial charge in [-0.1, -0.05) is 232 Å². The van der Waals surface area contributed by atoms with Crippen LogP contribution in [0.2, 0.25) is 0 Å². The van der Waals surface area contributed by atoms with Crippen LogP contribution in [0.25, 0.3) is 0 Å². The maximum absolute atomic E-state index is 14.3. The Morgan fingerprint density at radius 2 is 0.737 bits per heavy atom. The number of carbonyl (C=O) groups is 3. The molecule has 2 heterocycles. The van der Waals surface area contributed by atoms with E-state index in [4.69, 9.17) is 42.2 Å². The molecule has 0 spiro atoms. The van der Waals surface area contributed by atoms with Crippen LogP contribution in [0.5, 0.6) is 0 Å². The number of phosphoric acid groups is 1. The fourth-order valence-electron chi connectivity index (χ4n) is 12.2. The summed E-state index contributed by atoms with van der Waals surface area (Å²) in [7, 11) is -5.69. The number of ether oxygens (including phenoxy) is 7. The zero-order valence-corrected chi connectivity index (χ0v) is 58.9. The number of phosphoric ester groups is 1. The van der Waals surface area contributed by atoms with Gasteiger partial charge in [0.05, 0.1) is 13.2 Å². The first-order valence-electron chi connectivity index (χ1n) is 37.0. The molecule has 558 valence electrons. The van der Waals surface area contributed by atoms with Gasteiger partial charge in [0.15, 0.2) is 18.7 Å². The maximum atomic E-state index is 14.3. The lowest BCUT2D eigenvalue weighted by Crippen LogP contribution is -2.69. The van der Waals surface area contributed by atoms with Gasteiger partial charge >= 0.3 is 25.7 Å². The van der Waals surface area contributed by atoms with Crippen molar-refractivity contribution in [3.05, 3.63) is 12.2 Å². The Hall–Kier alpha value is -2.30. The second kappa shape index (κ2) is 52.6. The molecule has 0 bridgehead atoms. The average molecular weight is 1390 g/mol. The highest BCUT2D eigenvalue weighted by Gasteiger charge is 2.58. The van der Waals surface area contributed by atoms with Crippen molar-refractivity contribution in [2.45, 2.75) is 388 Å². The number of unbranched alkanes of at least 4 members (excludes halogenated alkanes) is 34. The fraction of sp³-hybridized carbons (Fsp3) is 0.929. The van der Waals surface area contributed by atoms with E-state index in [0.717, 1.165) is 89.9 Å². The van der Waals surface area contributed by atoms with E-state index in [0.29, 0.717) is 19.3 Å². The fourth-order valence-corrected chi connectivity index (χ4v) is 13.2. The van der Waals surface area contributed by atoms with Crippen LogP contribution in [0.4, 0.5) is 0 Å². The topological polar surface area (TPSA) is 374 Å². The molecular weight excluding hydrogens is 1260 g/mol. The predicted molar refractivity (Wildman–Crippen MR) is 356 cm³/mol. The van der Waals surface area contributed by atoms with E-state index in [1.54, 1.807) is 0 Å². The van der Waals surface area contributed by atoms with E-state index in [1.165, 1.54) is 135 Å². The van der Waals surface area contributed by atoms with Gasteiger partial charge in [0.2, 0.25) is 0 Å². The highest BCUT2D eigenvalue weighted by molar-refractivity contribution is 7.47. The number of hydrogen-bond acceptors (Lipinski definition) is 23. The molecule has 95 heavy (non-hydrogen) atoms. The van der Waals surface area contributed by atoms with Crippen molar-refractivity contribution in [3.8, 4) is 0 Å². The number of aliphatic hydroxyl groups is 10. The second-order valence-electron chi connectivity index (χ2n) is 26.7. The number of carbonyl (C=O) groups excluding carboxylic acids is 3. The first kappa shape index (κ1) is 86.9. The summed E-state index contributed by atoms with van der Waals surface area (Å²) in [4.78, 5) is 50.9. The molecule has 3 fully saturated rings. The summed E-state index contributed by atoms with van der Waals surface area (Å²) >= 11 is 0. The lowest BCUT2D eigenvalue weighted by Gasteiger charge is -2.49. The number of esters is 3. The Bertz CT molecular complexity index is 2020. The van der Waals surface area contributed by atoms with Gasteiger partial charge in [0, 0.05) is 19.3 Å². The zero-order valence-electron chi connectivity index (χ0n) is 58.0. The largest absolute Gasteiger partial charge is 0.472 e. The lowest BCUT2D eigenvalue weighted by atomic mass is 9.84. The van der Waals surface area contributed by atoms with Crippen molar-refractivity contribution in [3.63, 3.8) is 0 Å². The lowest BCUT2D eigenvalue weighted by molar-refractivity contribution is -0.360. The molecule has 0 radical (unpaired) electrons. The van der Waals surface area contributed by atoms with E-state index < -0.39 is 156 Å². The summed E-state index contributed by atoms with van der Waals surface area (Å²) in [5.41, 5.74) is 0. The average Bonchev–Trinajstić information content (AvgIpc) is 0.764. The summed E-state index contributed by atoms with van der Waals surface area (Å²) in [6.45, 7) is 3.42. The van der Waals surface area contributed by atoms with Gasteiger partial charge in [-0.2, -0.15) is 0 Å². The van der Waals surface area contributed by atoms with E-state index in [2.05, 4.69) is 32.9 Å². The minimum absolute atomic E-state index is 0.00957. The molecule has 2 aliphatic heterocycles. The summed E-state index contributed by atoms with van der Waals surface area (Å²) < 4.78 is 64.9. The summed E-state index contributed by atoms with van der Waals surface area (Å²) in [5, 5.41) is 110. The monoisotopic (exact) mass is 1380 g/mol. The third-order valence-electron chi connectivity index (χ3n) is 18.3. The summed E-state index contributed by atoms with van der Waals surface area (Å²) in [5.74, 6) is -2.00. The SMILES string of the molecule is CCCCCCCCC/C=C\CCCCCC(=O)OCC1OC(OC2C(O)C(O)C(O)C(OC3OC(CO)C(O)C(O)C3O)C2OP(=O)(O)OCC(COC(=O)CCCCCCCCCCCCCCCCC)OC(=O)CCCCCCCCCCCCC)C(O)C(O)C1O. The molecule has 25 heteroatoms. The van der Waals surface area contributed by atoms with E-state index in [9.17, 15) is 74.9 Å². The van der Waals surface area contributed by atoms with Crippen LogP contribution in [0, 0.1) is 0 Å². The minimum atomic E-state index is -5.69. The number of rotatable bonds is 57. The van der Waals surface area contributed by atoms with Crippen LogP contribution in [0.15, 0.2) is 12.2 Å². The molecule has 0 amide bonds. The van der Waals surface area contributed by atoms with Crippen molar-refractivity contribution >= 4 is 25.7 Å². The normalized spacial score (nSPS) is 28.1. The van der Waals surface area contributed by atoms with E-state index >= 15 is 0 Å². The molecule has 0 aromatic carbocycles. The highest BCUT2D eigenvalue weighted by Crippen LogP contribution is 2.49. The molecule has 11 N–H and O–H groups in total. The number of aliphatic hydroxyl groups excluding tert-OH is 10. The first-order valence-corrected chi connectivity index (χ1v) is 38.5. The summed E-state index contributed by atoms with van der Waals surface area (Å²) in [6.07, 6.45) is 10.1. The van der Waals surface area contributed by atoms with Crippen LogP contribution in [0.1, 0.15) is 284 Å². The van der Waals surface area contributed by atoms with Crippen LogP contribution in [-0.2, 0) is 61.2 Å². The Morgan fingerprint density at radius 1 is 0.400 bits per heavy atom. The highest BCUT2D eigenvalue weighted by atomic mass is 31.2. The molecule has 0 aromatic heterocycles. The molecule has 3 aliphatic rings. The number of hydrogen-bond donors (Lipinski definition) is 11. The third-order valence-corrected chi connectivity index (χ3v) is 19.3. The summed E-state index contributed by atoms with van der Waals surface area (Å²) in [6, 6.07) is 0. The van der Waals surface area contributed by atoms with E-state index in [1.807, 2.05) is 0 Å². The first-order chi connectivity index (χ1) is 45.8. The third kappa shape index (κ3) is 36.2. The van der Waals surface area contributed by atoms with Crippen molar-refractivity contribution in [2.75, 3.05) is 26.4 Å². The molecule has 18 unspecified atom stereocenters.